The van der Waals surface area contributed by atoms with Crippen LogP contribution in [0.1, 0.15) is 81.2 Å². The van der Waals surface area contributed by atoms with Gasteiger partial charge in [-0.25, -0.2) is 19.6 Å². The standard InChI is InChI=1S/C43H59Br2N9O10/c1-26(2)37(54-36(56)14-17-62-19-20-63-18-16-47-38(57)28-10-13-30-32(21-28)52-34(23-45)33(22-44)51-30)40(59)53-31(7-6-15-48-41(46)60)39(58)50-29-11-8-27(9-12-29)25-64-42(61)49-24-35(55)43(3,4)5/h8-13,21,26,31,37H,6-7,14-20,22-25H2,1-5H3,(H,47,57)(H,49,61)(H,50,58)(H,53,59)(H,54,56)(H3,46,48,60)/t31-,37?/m0/s1. The van der Waals surface area contributed by atoms with Gasteiger partial charge in [0, 0.05) is 46.8 Å². The van der Waals surface area contributed by atoms with Gasteiger partial charge in [-0.05, 0) is 54.7 Å². The van der Waals surface area contributed by atoms with E-state index in [9.17, 15) is 33.6 Å². The predicted octanol–water partition coefficient (Wildman–Crippen LogP) is 4.13. The Labute approximate surface area is 389 Å². The average molecular weight is 1020 g/mol. The minimum Gasteiger partial charge on any atom is -0.445 e. The molecule has 0 saturated carbocycles. The number of benzene rings is 2. The monoisotopic (exact) mass is 1020 g/mol. The third-order valence-electron chi connectivity index (χ3n) is 9.40. The summed E-state index contributed by atoms with van der Waals surface area (Å²) >= 11 is 6.85. The molecule has 64 heavy (non-hydrogen) atoms. The number of nitrogens with two attached hydrogens (primary N) is 1. The fourth-order valence-corrected chi connectivity index (χ4v) is 6.57. The number of nitrogens with zero attached hydrogens (tertiary/aromatic N) is 2. The van der Waals surface area contributed by atoms with E-state index >= 15 is 0 Å². The summed E-state index contributed by atoms with van der Waals surface area (Å²) in [6.07, 6.45) is -0.351. The highest BCUT2D eigenvalue weighted by Crippen LogP contribution is 2.19. The van der Waals surface area contributed by atoms with Gasteiger partial charge in [0.15, 0.2) is 5.78 Å². The van der Waals surface area contributed by atoms with Gasteiger partial charge in [-0.3, -0.25) is 24.0 Å². The zero-order valence-electron chi connectivity index (χ0n) is 36.8. The summed E-state index contributed by atoms with van der Waals surface area (Å²) in [7, 11) is 0. The second kappa shape index (κ2) is 27.2. The molecule has 1 unspecified atom stereocenters. The highest BCUT2D eigenvalue weighted by atomic mass is 79.9. The maximum Gasteiger partial charge on any atom is 0.407 e. The zero-order chi connectivity index (χ0) is 47.2. The molecule has 0 saturated heterocycles. The van der Waals surface area contributed by atoms with Crippen LogP contribution in [-0.4, -0.2) is 110 Å². The quantitative estimate of drug-likeness (QED) is 0.0442. The number of rotatable bonds is 26. The number of amides is 7. The molecule has 0 aliphatic rings. The molecule has 1 aromatic heterocycles. The number of fused-ring (bicyclic) bond motifs is 1. The molecule has 3 aromatic rings. The van der Waals surface area contributed by atoms with Crippen molar-refractivity contribution < 1.29 is 47.8 Å². The van der Waals surface area contributed by atoms with E-state index in [1.807, 2.05) is 0 Å². The first-order valence-corrected chi connectivity index (χ1v) is 23.0. The Morgan fingerprint density at radius 1 is 0.766 bits per heavy atom. The summed E-state index contributed by atoms with van der Waals surface area (Å²) < 4.78 is 16.3. The van der Waals surface area contributed by atoms with Crippen molar-refractivity contribution in [1.29, 1.82) is 0 Å². The first-order chi connectivity index (χ1) is 30.4. The van der Waals surface area contributed by atoms with Gasteiger partial charge in [0.05, 0.1) is 55.4 Å². The van der Waals surface area contributed by atoms with E-state index in [2.05, 4.69) is 73.7 Å². The molecule has 19 nitrogen and oxygen atoms in total. The number of carbonyl (C=O) groups is 7. The molecule has 7 amide bonds. The fourth-order valence-electron chi connectivity index (χ4n) is 5.67. The molecule has 1 heterocycles. The lowest BCUT2D eigenvalue weighted by Gasteiger charge is -2.25. The minimum atomic E-state index is -1.05. The van der Waals surface area contributed by atoms with Crippen LogP contribution in [0.3, 0.4) is 0 Å². The molecule has 3 rings (SSSR count). The number of primary amides is 1. The SMILES string of the molecule is CC(C)C(NC(=O)CCOCCOCCNC(=O)c1ccc2nc(CBr)c(CBr)nc2c1)C(=O)N[C@@H](CCCNC(N)=O)C(=O)Nc1ccc(COC(=O)NCC(=O)C(C)(C)C)cc1. The Morgan fingerprint density at radius 3 is 2.05 bits per heavy atom. The fraction of sp³-hybridized carbons (Fsp3) is 0.512. The molecule has 0 spiro atoms. The number of nitrogens with one attached hydrogen (secondary N) is 6. The number of alkyl halides is 2. The minimum absolute atomic E-state index is 0.0392. The third-order valence-corrected chi connectivity index (χ3v) is 10.5. The van der Waals surface area contributed by atoms with Crippen LogP contribution < -0.4 is 37.6 Å². The van der Waals surface area contributed by atoms with Crippen LogP contribution in [0.4, 0.5) is 15.3 Å². The molecule has 0 radical (unpaired) electrons. The molecule has 0 aliphatic heterocycles. The number of carbonyl (C=O) groups excluding carboxylic acids is 7. The molecule has 8 N–H and O–H groups in total. The van der Waals surface area contributed by atoms with Crippen molar-refractivity contribution >= 4 is 90.1 Å². The molecule has 2 aromatic carbocycles. The lowest BCUT2D eigenvalue weighted by molar-refractivity contribution is -0.132. The molecule has 0 aliphatic carbocycles. The highest BCUT2D eigenvalue weighted by Gasteiger charge is 2.29. The summed E-state index contributed by atoms with van der Waals surface area (Å²) in [5.74, 6) is -2.31. The second-order valence-electron chi connectivity index (χ2n) is 15.9. The Hall–Kier alpha value is -5.25. The largest absolute Gasteiger partial charge is 0.445 e. The summed E-state index contributed by atoms with van der Waals surface area (Å²) in [5.41, 5.74) is 8.98. The van der Waals surface area contributed by atoms with Crippen LogP contribution >= 0.6 is 31.9 Å². The van der Waals surface area contributed by atoms with Crippen molar-refractivity contribution in [2.45, 2.75) is 83.2 Å². The number of anilines is 1. The molecular weight excluding hydrogens is 962 g/mol. The van der Waals surface area contributed by atoms with Gasteiger partial charge in [-0.15, -0.1) is 0 Å². The normalized spacial score (nSPS) is 12.2. The topological polar surface area (TPSA) is 271 Å². The van der Waals surface area contributed by atoms with E-state index < -0.39 is 47.3 Å². The average Bonchev–Trinajstić information content (AvgIpc) is 3.25. The van der Waals surface area contributed by atoms with Crippen LogP contribution in [0.25, 0.3) is 11.0 Å². The van der Waals surface area contributed by atoms with E-state index in [4.69, 9.17) is 19.9 Å². The number of hydrogen-bond acceptors (Lipinski definition) is 12. The Balaban J connectivity index is 1.41. The van der Waals surface area contributed by atoms with E-state index in [0.717, 1.165) is 11.4 Å². The van der Waals surface area contributed by atoms with Crippen molar-refractivity contribution in [1.82, 2.24) is 36.6 Å². The number of ether oxygens (including phenoxy) is 3. The number of aromatic nitrogens is 2. The maximum absolute atomic E-state index is 13.5. The number of Topliss-reactive ketones (excluding diaryl/α,β-unsaturated/α-hetero) is 1. The number of hydrogen-bond donors (Lipinski definition) is 7. The Kier molecular flexibility index (Phi) is 22.5. The molecule has 0 fully saturated rings. The third kappa shape index (κ3) is 18.8. The van der Waals surface area contributed by atoms with Gasteiger partial charge in [0.2, 0.25) is 17.7 Å². The smallest absolute Gasteiger partial charge is 0.407 e. The zero-order valence-corrected chi connectivity index (χ0v) is 39.9. The van der Waals surface area contributed by atoms with Crippen molar-refractivity contribution in [3.8, 4) is 0 Å². The van der Waals surface area contributed by atoms with Crippen LogP contribution in [0.2, 0.25) is 0 Å². The molecule has 2 atom stereocenters. The number of ketones is 1. The van der Waals surface area contributed by atoms with Crippen LogP contribution in [-0.2, 0) is 50.7 Å². The number of halogens is 2. The Morgan fingerprint density at radius 2 is 1.42 bits per heavy atom. The Bertz CT molecular complexity index is 2070. The summed E-state index contributed by atoms with van der Waals surface area (Å²) in [6.45, 7) is 9.68. The van der Waals surface area contributed by atoms with Crippen LogP contribution in [0.5, 0.6) is 0 Å². The summed E-state index contributed by atoms with van der Waals surface area (Å²) in [5, 5.41) is 17.0. The van der Waals surface area contributed by atoms with Crippen molar-refractivity contribution in [2.75, 3.05) is 51.4 Å². The highest BCUT2D eigenvalue weighted by molar-refractivity contribution is 9.09. The van der Waals surface area contributed by atoms with E-state index in [0.29, 0.717) is 44.9 Å². The van der Waals surface area contributed by atoms with Gasteiger partial charge in [0.1, 0.15) is 18.7 Å². The maximum atomic E-state index is 13.5. The van der Waals surface area contributed by atoms with E-state index in [-0.39, 0.29) is 83.1 Å². The van der Waals surface area contributed by atoms with Crippen molar-refractivity contribution in [3.63, 3.8) is 0 Å². The lowest BCUT2D eigenvalue weighted by atomic mass is 9.91. The molecule has 350 valence electrons. The first kappa shape index (κ1) is 53.1. The van der Waals surface area contributed by atoms with Gasteiger partial charge in [-0.2, -0.15) is 0 Å². The summed E-state index contributed by atoms with van der Waals surface area (Å²) in [4.78, 5) is 97.0. The second-order valence-corrected chi connectivity index (χ2v) is 17.0. The van der Waals surface area contributed by atoms with Crippen LogP contribution in [0.15, 0.2) is 42.5 Å². The predicted molar refractivity (Wildman–Crippen MR) is 247 cm³/mol. The molecular formula is C43H59Br2N9O10. The van der Waals surface area contributed by atoms with E-state index in [1.54, 1.807) is 77.1 Å². The number of urea groups is 1. The summed E-state index contributed by atoms with van der Waals surface area (Å²) in [6, 6.07) is 8.88. The van der Waals surface area contributed by atoms with Gasteiger partial charge < -0.3 is 51.8 Å². The van der Waals surface area contributed by atoms with Gasteiger partial charge in [0.25, 0.3) is 5.91 Å². The van der Waals surface area contributed by atoms with Crippen molar-refractivity contribution in [2.24, 2.45) is 17.1 Å². The van der Waals surface area contributed by atoms with Gasteiger partial charge >= 0.3 is 12.1 Å². The van der Waals surface area contributed by atoms with E-state index in [1.165, 1.54) is 0 Å². The van der Waals surface area contributed by atoms with Gasteiger partial charge in [-0.1, -0.05) is 78.6 Å². The number of alkyl carbamates (subject to hydrolysis) is 1. The molecule has 21 heteroatoms. The van der Waals surface area contributed by atoms with Crippen LogP contribution in [0, 0.1) is 11.3 Å². The molecule has 0 bridgehead atoms. The lowest BCUT2D eigenvalue weighted by Crippen LogP contribution is -2.54. The van der Waals surface area contributed by atoms with Crippen molar-refractivity contribution in [3.05, 3.63) is 65.0 Å². The first-order valence-electron chi connectivity index (χ1n) is 20.7.